The van der Waals surface area contributed by atoms with Crippen LogP contribution in [0.3, 0.4) is 0 Å². The van der Waals surface area contributed by atoms with Crippen LogP contribution in [0.4, 0.5) is 10.1 Å². The number of nitrogens with one attached hydrogen (secondary N) is 1. The van der Waals surface area contributed by atoms with Gasteiger partial charge in [-0.25, -0.2) is 22.7 Å². The van der Waals surface area contributed by atoms with Gasteiger partial charge in [-0.15, -0.1) is 0 Å². The first-order chi connectivity index (χ1) is 13.6. The molecule has 0 aliphatic rings. The standard InChI is InChI=1S/C19H17FN2O6S/c1-10-14-4-3-5-15(20)17(14)28-16(10)19(24)27-11(2)18(23)22-12-6-8-13(9-7-12)29(21,25)26/h3-9,11H,1-2H3,(H,22,23)(H2,21,25,26). The minimum atomic E-state index is -3.85. The number of ether oxygens (including phenoxy) is 1. The van der Waals surface area contributed by atoms with Crippen LogP contribution in [0.15, 0.2) is 51.8 Å². The summed E-state index contributed by atoms with van der Waals surface area (Å²) < 4.78 is 46.7. The van der Waals surface area contributed by atoms with Gasteiger partial charge in [-0.1, -0.05) is 12.1 Å². The van der Waals surface area contributed by atoms with Crippen molar-refractivity contribution in [1.29, 1.82) is 0 Å². The second kappa shape index (κ2) is 7.64. The summed E-state index contributed by atoms with van der Waals surface area (Å²) in [7, 11) is -3.85. The highest BCUT2D eigenvalue weighted by Gasteiger charge is 2.25. The molecule has 10 heteroatoms. The van der Waals surface area contributed by atoms with Gasteiger partial charge in [-0.05, 0) is 44.2 Å². The molecule has 1 unspecified atom stereocenters. The number of halogens is 1. The van der Waals surface area contributed by atoms with E-state index in [2.05, 4.69) is 5.32 Å². The lowest BCUT2D eigenvalue weighted by Crippen LogP contribution is -2.30. The lowest BCUT2D eigenvalue weighted by molar-refractivity contribution is -0.123. The topological polar surface area (TPSA) is 129 Å². The van der Waals surface area contributed by atoms with Crippen molar-refractivity contribution in [3.8, 4) is 0 Å². The van der Waals surface area contributed by atoms with Crippen LogP contribution in [0.2, 0.25) is 0 Å². The fourth-order valence-electron chi connectivity index (χ4n) is 2.64. The normalized spacial score (nSPS) is 12.6. The first kappa shape index (κ1) is 20.5. The molecular weight excluding hydrogens is 403 g/mol. The van der Waals surface area contributed by atoms with Crippen molar-refractivity contribution in [2.45, 2.75) is 24.8 Å². The van der Waals surface area contributed by atoms with Crippen molar-refractivity contribution < 1.29 is 31.6 Å². The zero-order valence-electron chi connectivity index (χ0n) is 15.4. The number of hydrogen-bond acceptors (Lipinski definition) is 6. The molecule has 0 saturated heterocycles. The van der Waals surface area contributed by atoms with E-state index in [1.165, 1.54) is 43.3 Å². The maximum atomic E-state index is 13.8. The number of benzene rings is 2. The van der Waals surface area contributed by atoms with Gasteiger partial charge in [0.2, 0.25) is 15.8 Å². The minimum absolute atomic E-state index is 0.0657. The Hall–Kier alpha value is -3.24. The number of amides is 1. The third-order valence-corrected chi connectivity index (χ3v) is 5.13. The molecule has 0 spiro atoms. The lowest BCUT2D eigenvalue weighted by atomic mass is 10.1. The molecule has 1 amide bonds. The van der Waals surface area contributed by atoms with Crippen molar-refractivity contribution in [3.05, 3.63) is 59.6 Å². The zero-order valence-corrected chi connectivity index (χ0v) is 16.2. The second-order valence-electron chi connectivity index (χ2n) is 6.28. The molecule has 1 heterocycles. The molecule has 2 aromatic carbocycles. The molecule has 0 bridgehead atoms. The molecule has 0 saturated carbocycles. The van der Waals surface area contributed by atoms with Gasteiger partial charge in [0.1, 0.15) is 0 Å². The first-order valence-electron chi connectivity index (χ1n) is 8.40. The number of sulfonamides is 1. The number of esters is 1. The van der Waals surface area contributed by atoms with E-state index in [1.807, 2.05) is 0 Å². The molecule has 29 heavy (non-hydrogen) atoms. The highest BCUT2D eigenvalue weighted by molar-refractivity contribution is 7.89. The minimum Gasteiger partial charge on any atom is -0.447 e. The Morgan fingerprint density at radius 3 is 2.41 bits per heavy atom. The lowest BCUT2D eigenvalue weighted by Gasteiger charge is -2.13. The van der Waals surface area contributed by atoms with Crippen LogP contribution >= 0.6 is 0 Å². The smallest absolute Gasteiger partial charge is 0.375 e. The summed E-state index contributed by atoms with van der Waals surface area (Å²) in [5.41, 5.74) is 0.618. The third-order valence-electron chi connectivity index (χ3n) is 4.20. The number of primary sulfonamides is 1. The molecule has 152 valence electrons. The van der Waals surface area contributed by atoms with Gasteiger partial charge < -0.3 is 14.5 Å². The molecular formula is C19H17FN2O6S. The number of carbonyl (C=O) groups excluding carboxylic acids is 2. The molecule has 0 aliphatic carbocycles. The molecule has 3 rings (SSSR count). The highest BCUT2D eigenvalue weighted by atomic mass is 32.2. The quantitative estimate of drug-likeness (QED) is 0.611. The summed E-state index contributed by atoms with van der Waals surface area (Å²) >= 11 is 0. The first-order valence-corrected chi connectivity index (χ1v) is 9.95. The predicted octanol–water partition coefficient (Wildman–Crippen LogP) is 2.71. The van der Waals surface area contributed by atoms with Crippen LogP contribution in [0.1, 0.15) is 23.0 Å². The van der Waals surface area contributed by atoms with Crippen molar-refractivity contribution in [2.75, 3.05) is 5.32 Å². The van der Waals surface area contributed by atoms with Gasteiger partial charge in [-0.3, -0.25) is 4.79 Å². The average molecular weight is 420 g/mol. The van der Waals surface area contributed by atoms with E-state index in [4.69, 9.17) is 14.3 Å². The van der Waals surface area contributed by atoms with Crippen molar-refractivity contribution in [2.24, 2.45) is 5.14 Å². The summed E-state index contributed by atoms with van der Waals surface area (Å²) in [6.45, 7) is 2.93. The Labute approximate surface area is 165 Å². The molecule has 0 aliphatic heterocycles. The van der Waals surface area contributed by atoms with Crippen LogP contribution in [0.25, 0.3) is 11.0 Å². The summed E-state index contributed by atoms with van der Waals surface area (Å²) in [5.74, 6) is -2.37. The van der Waals surface area contributed by atoms with Crippen LogP contribution < -0.4 is 10.5 Å². The van der Waals surface area contributed by atoms with Gasteiger partial charge >= 0.3 is 5.97 Å². The van der Waals surface area contributed by atoms with Crippen LogP contribution in [0.5, 0.6) is 0 Å². The largest absolute Gasteiger partial charge is 0.447 e. The van der Waals surface area contributed by atoms with E-state index in [0.717, 1.165) is 0 Å². The van der Waals surface area contributed by atoms with E-state index in [0.29, 0.717) is 10.9 Å². The monoisotopic (exact) mass is 420 g/mol. The predicted molar refractivity (Wildman–Crippen MR) is 102 cm³/mol. The molecule has 1 aromatic heterocycles. The highest BCUT2D eigenvalue weighted by Crippen LogP contribution is 2.28. The Bertz CT molecular complexity index is 1200. The van der Waals surface area contributed by atoms with Crippen LogP contribution in [-0.2, 0) is 19.6 Å². The molecule has 3 N–H and O–H groups in total. The SMILES string of the molecule is Cc1c(C(=O)OC(C)C(=O)Nc2ccc(S(N)(=O)=O)cc2)oc2c(F)cccc12. The average Bonchev–Trinajstić information content (AvgIpc) is 3.00. The number of rotatable bonds is 5. The number of anilines is 1. The zero-order chi connectivity index (χ0) is 21.3. The summed E-state index contributed by atoms with van der Waals surface area (Å²) in [6.07, 6.45) is -1.20. The van der Waals surface area contributed by atoms with Crippen molar-refractivity contribution in [1.82, 2.24) is 0 Å². The van der Waals surface area contributed by atoms with Crippen molar-refractivity contribution >= 4 is 38.6 Å². The Balaban J connectivity index is 1.70. The number of furan rings is 1. The Morgan fingerprint density at radius 2 is 1.83 bits per heavy atom. The van der Waals surface area contributed by atoms with E-state index < -0.39 is 33.8 Å². The molecule has 1 atom stereocenters. The second-order valence-corrected chi connectivity index (χ2v) is 7.84. The van der Waals surface area contributed by atoms with E-state index in [-0.39, 0.29) is 21.9 Å². The number of nitrogens with two attached hydrogens (primary N) is 1. The van der Waals surface area contributed by atoms with Gasteiger partial charge in [0, 0.05) is 16.6 Å². The van der Waals surface area contributed by atoms with E-state index in [1.54, 1.807) is 13.0 Å². The third kappa shape index (κ3) is 4.28. The van der Waals surface area contributed by atoms with Crippen molar-refractivity contribution in [3.63, 3.8) is 0 Å². The van der Waals surface area contributed by atoms with E-state index >= 15 is 0 Å². The number of hydrogen-bond donors (Lipinski definition) is 2. The van der Waals surface area contributed by atoms with Gasteiger partial charge in [0.25, 0.3) is 5.91 Å². The fraction of sp³-hybridized carbons (Fsp3) is 0.158. The van der Waals surface area contributed by atoms with Crippen LogP contribution in [0, 0.1) is 12.7 Å². The maximum absolute atomic E-state index is 13.8. The number of para-hydroxylation sites is 1. The molecule has 0 radical (unpaired) electrons. The molecule has 8 nitrogen and oxygen atoms in total. The fourth-order valence-corrected chi connectivity index (χ4v) is 3.16. The molecule has 0 fully saturated rings. The van der Waals surface area contributed by atoms with Crippen LogP contribution in [-0.4, -0.2) is 26.4 Å². The maximum Gasteiger partial charge on any atom is 0.375 e. The van der Waals surface area contributed by atoms with E-state index in [9.17, 15) is 22.4 Å². The number of aryl methyl sites for hydroxylation is 1. The number of carbonyl (C=O) groups is 2. The Morgan fingerprint density at radius 1 is 1.17 bits per heavy atom. The summed E-state index contributed by atoms with van der Waals surface area (Å²) in [6, 6.07) is 9.46. The summed E-state index contributed by atoms with van der Waals surface area (Å²) in [4.78, 5) is 24.5. The van der Waals surface area contributed by atoms with Gasteiger partial charge in [0.15, 0.2) is 17.5 Å². The summed E-state index contributed by atoms with van der Waals surface area (Å²) in [5, 5.41) is 7.93. The van der Waals surface area contributed by atoms with Gasteiger partial charge in [-0.2, -0.15) is 0 Å². The number of fused-ring (bicyclic) bond motifs is 1. The molecule has 3 aromatic rings. The Kier molecular flexibility index (Phi) is 5.40. The van der Waals surface area contributed by atoms with Gasteiger partial charge in [0.05, 0.1) is 4.90 Å².